The molecule has 0 radical (unpaired) electrons. The molecule has 0 aliphatic heterocycles. The Hall–Kier alpha value is -1.66. The van der Waals surface area contributed by atoms with Crippen molar-refractivity contribution in [1.29, 1.82) is 0 Å². The van der Waals surface area contributed by atoms with Crippen molar-refractivity contribution in [3.05, 3.63) is 33.3 Å². The second-order valence-corrected chi connectivity index (χ2v) is 7.10. The molecule has 0 fully saturated rings. The lowest BCUT2D eigenvalue weighted by Gasteiger charge is -2.09. The molecule has 0 aliphatic carbocycles. The number of aromatic nitrogens is 2. The summed E-state index contributed by atoms with van der Waals surface area (Å²) in [7, 11) is 0. The molecule has 0 saturated heterocycles. The number of anilines is 2. The van der Waals surface area contributed by atoms with E-state index in [0.29, 0.717) is 5.95 Å². The monoisotopic (exact) mass is 318 g/mol. The van der Waals surface area contributed by atoms with Crippen LogP contribution >= 0.6 is 22.7 Å². The molecule has 0 atom stereocenters. The zero-order chi connectivity index (χ0) is 14.7. The van der Waals surface area contributed by atoms with Gasteiger partial charge in [0.2, 0.25) is 5.95 Å². The van der Waals surface area contributed by atoms with E-state index in [-0.39, 0.29) is 0 Å². The van der Waals surface area contributed by atoms with Gasteiger partial charge in [-0.05, 0) is 30.9 Å². The van der Waals surface area contributed by atoms with Crippen molar-refractivity contribution in [3.63, 3.8) is 0 Å². The van der Waals surface area contributed by atoms with Crippen molar-refractivity contribution in [2.45, 2.75) is 26.8 Å². The number of hydrogen-bond acceptors (Lipinski definition) is 6. The molecule has 0 bridgehead atoms. The average Bonchev–Trinajstić information content (AvgIpc) is 3.10. The average molecular weight is 318 g/mol. The molecule has 2 N–H and O–H groups in total. The zero-order valence-electron chi connectivity index (χ0n) is 12.1. The Morgan fingerprint density at radius 1 is 1.24 bits per heavy atom. The maximum absolute atomic E-state index is 4.63. The Morgan fingerprint density at radius 3 is 2.90 bits per heavy atom. The Morgan fingerprint density at radius 2 is 2.14 bits per heavy atom. The number of fused-ring (bicyclic) bond motifs is 1. The quantitative estimate of drug-likeness (QED) is 0.703. The first kappa shape index (κ1) is 14.3. The normalized spacial score (nSPS) is 11.0. The van der Waals surface area contributed by atoms with Crippen molar-refractivity contribution in [2.75, 3.05) is 17.2 Å². The Labute approximate surface area is 132 Å². The van der Waals surface area contributed by atoms with Crippen LogP contribution in [0.4, 0.5) is 11.8 Å². The van der Waals surface area contributed by atoms with E-state index in [9.17, 15) is 0 Å². The summed E-state index contributed by atoms with van der Waals surface area (Å²) in [5.41, 5.74) is 0. The fraction of sp³-hybridized carbons (Fsp3) is 0.333. The first-order valence-corrected chi connectivity index (χ1v) is 8.74. The zero-order valence-corrected chi connectivity index (χ0v) is 13.8. The fourth-order valence-electron chi connectivity index (χ4n) is 2.08. The fourth-order valence-corrected chi connectivity index (χ4v) is 3.60. The molecule has 110 valence electrons. The van der Waals surface area contributed by atoms with Gasteiger partial charge in [0, 0.05) is 16.3 Å². The van der Waals surface area contributed by atoms with Gasteiger partial charge in [-0.15, -0.1) is 22.7 Å². The highest BCUT2D eigenvalue weighted by Gasteiger charge is 2.10. The van der Waals surface area contributed by atoms with Gasteiger partial charge in [-0.25, -0.2) is 4.98 Å². The first-order chi connectivity index (χ1) is 10.3. The largest absolute Gasteiger partial charge is 0.364 e. The molecule has 4 nitrogen and oxygen atoms in total. The molecular weight excluding hydrogens is 300 g/mol. The summed E-state index contributed by atoms with van der Waals surface area (Å²) in [6, 6.07) is 6.35. The molecule has 0 aliphatic rings. The lowest BCUT2D eigenvalue weighted by atomic mass is 10.3. The molecule has 3 aromatic heterocycles. The number of nitrogens with zero attached hydrogens (tertiary/aromatic N) is 2. The van der Waals surface area contributed by atoms with Crippen LogP contribution in [0.25, 0.3) is 10.2 Å². The standard InChI is InChI=1S/C15H18N4S2/c1-3-6-16-15-18-13(17-9-11-5-4-7-20-11)12-8-10(2)21-14(12)19-15/h4-5,7-8H,3,6,9H2,1-2H3,(H2,16,17,18,19). The molecular formula is C15H18N4S2. The summed E-state index contributed by atoms with van der Waals surface area (Å²) < 4.78 is 0. The van der Waals surface area contributed by atoms with Crippen molar-refractivity contribution in [1.82, 2.24) is 9.97 Å². The molecule has 3 rings (SSSR count). The highest BCUT2D eigenvalue weighted by molar-refractivity contribution is 7.18. The van der Waals surface area contributed by atoms with Crippen LogP contribution in [0.5, 0.6) is 0 Å². The van der Waals surface area contributed by atoms with Crippen molar-refractivity contribution in [2.24, 2.45) is 0 Å². The third-order valence-corrected chi connectivity index (χ3v) is 4.88. The summed E-state index contributed by atoms with van der Waals surface area (Å²) in [5, 5.41) is 9.92. The van der Waals surface area contributed by atoms with Crippen molar-refractivity contribution < 1.29 is 0 Å². The Balaban J connectivity index is 1.89. The van der Waals surface area contributed by atoms with E-state index in [0.717, 1.165) is 35.5 Å². The van der Waals surface area contributed by atoms with Gasteiger partial charge in [0.1, 0.15) is 10.6 Å². The maximum atomic E-state index is 4.63. The molecule has 0 aromatic carbocycles. The number of nitrogens with one attached hydrogen (secondary N) is 2. The molecule has 21 heavy (non-hydrogen) atoms. The molecule has 3 heterocycles. The van der Waals surface area contributed by atoms with Crippen LogP contribution in [0.3, 0.4) is 0 Å². The van der Waals surface area contributed by atoms with Gasteiger partial charge >= 0.3 is 0 Å². The number of hydrogen-bond donors (Lipinski definition) is 2. The molecule has 0 saturated carbocycles. The van der Waals surface area contributed by atoms with Gasteiger partial charge in [-0.1, -0.05) is 13.0 Å². The van der Waals surface area contributed by atoms with E-state index >= 15 is 0 Å². The Bertz CT molecular complexity index is 719. The van der Waals surface area contributed by atoms with Gasteiger partial charge in [0.15, 0.2) is 0 Å². The van der Waals surface area contributed by atoms with Gasteiger partial charge in [-0.3, -0.25) is 0 Å². The van der Waals surface area contributed by atoms with Crippen LogP contribution in [0, 0.1) is 6.92 Å². The predicted octanol–water partition coefficient (Wildman–Crippen LogP) is 4.50. The summed E-state index contributed by atoms with van der Waals surface area (Å²) in [4.78, 5) is 12.8. The molecule has 0 amide bonds. The molecule has 3 aromatic rings. The lowest BCUT2D eigenvalue weighted by molar-refractivity contribution is 0.956. The third kappa shape index (κ3) is 3.33. The van der Waals surface area contributed by atoms with Crippen LogP contribution in [0.15, 0.2) is 23.6 Å². The van der Waals surface area contributed by atoms with E-state index in [1.54, 1.807) is 22.7 Å². The second-order valence-electron chi connectivity index (χ2n) is 4.83. The number of thiophene rings is 2. The smallest absolute Gasteiger partial charge is 0.226 e. The number of rotatable bonds is 6. The summed E-state index contributed by atoms with van der Waals surface area (Å²) in [6.45, 7) is 5.93. The maximum Gasteiger partial charge on any atom is 0.226 e. The summed E-state index contributed by atoms with van der Waals surface area (Å²) >= 11 is 3.46. The third-order valence-electron chi connectivity index (χ3n) is 3.06. The lowest BCUT2D eigenvalue weighted by Crippen LogP contribution is -2.07. The van der Waals surface area contributed by atoms with Crippen LogP contribution in [0.2, 0.25) is 0 Å². The van der Waals surface area contributed by atoms with Crippen molar-refractivity contribution in [3.8, 4) is 0 Å². The first-order valence-electron chi connectivity index (χ1n) is 7.04. The van der Waals surface area contributed by atoms with Crippen molar-refractivity contribution >= 4 is 44.7 Å². The molecule has 0 unspecified atom stereocenters. The van der Waals surface area contributed by atoms with Crippen LogP contribution in [-0.4, -0.2) is 16.5 Å². The van der Waals surface area contributed by atoms with E-state index in [1.165, 1.54) is 9.75 Å². The summed E-state index contributed by atoms with van der Waals surface area (Å²) in [6.07, 6.45) is 1.06. The second kappa shape index (κ2) is 6.41. The minimum absolute atomic E-state index is 0.708. The van der Waals surface area contributed by atoms with E-state index in [2.05, 4.69) is 58.0 Å². The van der Waals surface area contributed by atoms with Gasteiger partial charge in [0.25, 0.3) is 0 Å². The highest BCUT2D eigenvalue weighted by atomic mass is 32.1. The minimum Gasteiger partial charge on any atom is -0.364 e. The van der Waals surface area contributed by atoms with Gasteiger partial charge in [-0.2, -0.15) is 4.98 Å². The summed E-state index contributed by atoms with van der Waals surface area (Å²) in [5.74, 6) is 1.62. The predicted molar refractivity (Wildman–Crippen MR) is 92.6 cm³/mol. The highest BCUT2D eigenvalue weighted by Crippen LogP contribution is 2.30. The van der Waals surface area contributed by atoms with Crippen LogP contribution in [-0.2, 0) is 6.54 Å². The van der Waals surface area contributed by atoms with E-state index in [4.69, 9.17) is 0 Å². The van der Waals surface area contributed by atoms with E-state index in [1.807, 2.05) is 0 Å². The molecule has 0 spiro atoms. The Kier molecular flexibility index (Phi) is 4.36. The topological polar surface area (TPSA) is 49.8 Å². The molecule has 6 heteroatoms. The van der Waals surface area contributed by atoms with E-state index < -0.39 is 0 Å². The minimum atomic E-state index is 0.708. The van der Waals surface area contributed by atoms with Gasteiger partial charge < -0.3 is 10.6 Å². The van der Waals surface area contributed by atoms with Crippen LogP contribution < -0.4 is 10.6 Å². The van der Waals surface area contributed by atoms with Crippen LogP contribution in [0.1, 0.15) is 23.1 Å². The number of aryl methyl sites for hydroxylation is 1. The van der Waals surface area contributed by atoms with Gasteiger partial charge in [0.05, 0.1) is 11.9 Å². The SMILES string of the molecule is CCCNc1nc(NCc2cccs2)c2cc(C)sc2n1.